The zero-order valence-corrected chi connectivity index (χ0v) is 14.4. The van der Waals surface area contributed by atoms with Crippen LogP contribution in [-0.2, 0) is 9.53 Å². The lowest BCUT2D eigenvalue weighted by atomic mass is 9.55. The summed E-state index contributed by atoms with van der Waals surface area (Å²) >= 11 is 0. The van der Waals surface area contributed by atoms with E-state index in [-0.39, 0.29) is 29.3 Å². The van der Waals surface area contributed by atoms with Gasteiger partial charge >= 0.3 is 5.97 Å². The van der Waals surface area contributed by atoms with Crippen molar-refractivity contribution in [2.24, 2.45) is 23.2 Å². The Morgan fingerprint density at radius 2 is 2.13 bits per heavy atom. The number of likely N-dealkylation sites (tertiary alicyclic amines) is 1. The lowest BCUT2D eigenvalue weighted by Crippen LogP contribution is -3.11. The number of hydrogen-bond donors (Lipinski definition) is 2. The highest BCUT2D eigenvalue weighted by molar-refractivity contribution is 5.76. The molecule has 4 aliphatic rings. The molecular weight excluding hydrogens is 290 g/mol. The monoisotopic (exact) mass is 320 g/mol. The van der Waals surface area contributed by atoms with Gasteiger partial charge in [0.25, 0.3) is 0 Å². The smallest absolute Gasteiger partial charge is 0.315 e. The Hall–Kier alpha value is -0.870. The van der Waals surface area contributed by atoms with E-state index < -0.39 is 6.10 Å². The van der Waals surface area contributed by atoms with Crippen LogP contribution >= 0.6 is 0 Å². The van der Waals surface area contributed by atoms with E-state index in [4.69, 9.17) is 4.74 Å². The van der Waals surface area contributed by atoms with Crippen molar-refractivity contribution >= 4 is 5.97 Å². The van der Waals surface area contributed by atoms with Gasteiger partial charge < -0.3 is 14.7 Å². The van der Waals surface area contributed by atoms with Crippen LogP contribution in [0.15, 0.2) is 11.6 Å². The summed E-state index contributed by atoms with van der Waals surface area (Å²) in [6.07, 6.45) is 7.31. The van der Waals surface area contributed by atoms with Crippen LogP contribution in [0.1, 0.15) is 46.0 Å². The molecule has 4 nitrogen and oxygen atoms in total. The standard InChI is InChI=1S/C19H29NO3/c1-12-6-5-7-13-10-15-16(17(21)19(12,13)2)14(18(22)23-15)11-20-8-3-4-9-20/h7,12,14-17,21H,3-6,8-11H2,1-2H3/p+1/t12-,14+,15-,16-,17-,19-/m1/s1. The number of aliphatic hydroxyl groups excluding tert-OH is 1. The van der Waals surface area contributed by atoms with Crippen LogP contribution in [0, 0.1) is 23.2 Å². The Labute approximate surface area is 138 Å². The lowest BCUT2D eigenvalue weighted by Gasteiger charge is -2.51. The Morgan fingerprint density at radius 1 is 1.39 bits per heavy atom. The molecule has 23 heavy (non-hydrogen) atoms. The van der Waals surface area contributed by atoms with Crippen LogP contribution in [0.4, 0.5) is 0 Å². The number of carbonyl (C=O) groups excluding carboxylic acids is 1. The second-order valence-corrected chi connectivity index (χ2v) is 8.46. The SMILES string of the molecule is C[C@@H]1CCC=C2C[C@H]3OC(=O)[C@@H](C[NH+]4CCCC4)[C@H]3[C@@H](O)[C@@]21C. The third kappa shape index (κ3) is 2.29. The first-order valence-electron chi connectivity index (χ1n) is 9.43. The summed E-state index contributed by atoms with van der Waals surface area (Å²) < 4.78 is 5.73. The van der Waals surface area contributed by atoms with E-state index in [9.17, 15) is 9.90 Å². The van der Waals surface area contributed by atoms with Crippen molar-refractivity contribution in [1.29, 1.82) is 0 Å². The molecule has 0 aromatic heterocycles. The van der Waals surface area contributed by atoms with Crippen LogP contribution in [0.2, 0.25) is 0 Å². The number of allylic oxidation sites excluding steroid dienone is 1. The van der Waals surface area contributed by atoms with Gasteiger partial charge in [0, 0.05) is 30.6 Å². The Bertz CT molecular complexity index is 525. The molecule has 0 radical (unpaired) electrons. The van der Waals surface area contributed by atoms with E-state index in [0.29, 0.717) is 5.92 Å². The number of hydrogen-bond acceptors (Lipinski definition) is 3. The molecule has 3 fully saturated rings. The Kier molecular flexibility index (Phi) is 3.80. The van der Waals surface area contributed by atoms with E-state index in [2.05, 4.69) is 19.9 Å². The summed E-state index contributed by atoms with van der Waals surface area (Å²) in [5.74, 6) is 0.275. The highest BCUT2D eigenvalue weighted by Crippen LogP contribution is 2.55. The van der Waals surface area contributed by atoms with Crippen LogP contribution in [0.25, 0.3) is 0 Å². The first-order valence-corrected chi connectivity index (χ1v) is 9.43. The first kappa shape index (κ1) is 15.6. The van der Waals surface area contributed by atoms with Crippen LogP contribution in [0.3, 0.4) is 0 Å². The topological polar surface area (TPSA) is 51.0 Å². The quantitative estimate of drug-likeness (QED) is 0.588. The van der Waals surface area contributed by atoms with E-state index in [0.717, 1.165) is 38.9 Å². The third-order valence-electron chi connectivity index (χ3n) is 7.39. The van der Waals surface area contributed by atoms with Crippen LogP contribution in [0.5, 0.6) is 0 Å². The molecule has 0 aromatic carbocycles. The van der Waals surface area contributed by atoms with Crippen molar-refractivity contribution in [3.05, 3.63) is 11.6 Å². The van der Waals surface area contributed by atoms with Gasteiger partial charge in [0.1, 0.15) is 12.0 Å². The molecule has 0 unspecified atom stereocenters. The fraction of sp³-hybridized carbons (Fsp3) is 0.842. The van der Waals surface area contributed by atoms with Crippen molar-refractivity contribution in [3.63, 3.8) is 0 Å². The molecule has 0 aromatic rings. The molecule has 0 bridgehead atoms. The average molecular weight is 320 g/mol. The molecule has 2 heterocycles. The minimum absolute atomic E-state index is 0.0155. The van der Waals surface area contributed by atoms with E-state index in [1.54, 1.807) is 0 Å². The van der Waals surface area contributed by atoms with Crippen molar-refractivity contribution in [1.82, 2.24) is 0 Å². The fourth-order valence-corrected chi connectivity index (χ4v) is 5.69. The van der Waals surface area contributed by atoms with Gasteiger partial charge in [0.2, 0.25) is 0 Å². The number of esters is 1. The maximum atomic E-state index is 12.5. The molecule has 2 N–H and O–H groups in total. The highest BCUT2D eigenvalue weighted by Gasteiger charge is 2.60. The largest absolute Gasteiger partial charge is 0.461 e. The van der Waals surface area contributed by atoms with Gasteiger partial charge in [0.15, 0.2) is 0 Å². The zero-order chi connectivity index (χ0) is 16.2. The summed E-state index contributed by atoms with van der Waals surface area (Å²) in [5, 5.41) is 11.3. The lowest BCUT2D eigenvalue weighted by molar-refractivity contribution is -0.890. The predicted molar refractivity (Wildman–Crippen MR) is 86.9 cm³/mol. The molecule has 0 spiro atoms. The normalized spacial score (nSPS) is 47.0. The van der Waals surface area contributed by atoms with Gasteiger partial charge in [-0.3, -0.25) is 4.79 Å². The summed E-state index contributed by atoms with van der Waals surface area (Å²) in [4.78, 5) is 14.0. The van der Waals surface area contributed by atoms with Gasteiger partial charge in [-0.05, 0) is 18.8 Å². The molecule has 4 rings (SSSR count). The van der Waals surface area contributed by atoms with Gasteiger partial charge in [-0.25, -0.2) is 0 Å². The highest BCUT2D eigenvalue weighted by atomic mass is 16.6. The number of ether oxygens (including phenoxy) is 1. The number of nitrogens with one attached hydrogen (secondary N) is 1. The number of rotatable bonds is 2. The van der Waals surface area contributed by atoms with Crippen LogP contribution in [-0.4, -0.2) is 42.9 Å². The molecule has 1 saturated carbocycles. The van der Waals surface area contributed by atoms with Crippen molar-refractivity contribution < 1.29 is 19.5 Å². The maximum Gasteiger partial charge on any atom is 0.315 e. The number of fused-ring (bicyclic) bond motifs is 2. The maximum absolute atomic E-state index is 12.5. The Morgan fingerprint density at radius 3 is 2.87 bits per heavy atom. The summed E-state index contributed by atoms with van der Waals surface area (Å²) in [6.45, 7) is 7.65. The zero-order valence-electron chi connectivity index (χ0n) is 14.4. The summed E-state index contributed by atoms with van der Waals surface area (Å²) in [6, 6.07) is 0. The molecule has 2 saturated heterocycles. The van der Waals surface area contributed by atoms with Gasteiger partial charge in [0.05, 0.1) is 25.7 Å². The molecule has 0 amide bonds. The molecule has 128 valence electrons. The molecule has 4 heteroatoms. The van der Waals surface area contributed by atoms with E-state index in [1.807, 2.05) is 0 Å². The van der Waals surface area contributed by atoms with Gasteiger partial charge in [-0.15, -0.1) is 0 Å². The minimum Gasteiger partial charge on any atom is -0.461 e. The second-order valence-electron chi connectivity index (χ2n) is 8.46. The Balaban J connectivity index is 1.62. The first-order chi connectivity index (χ1) is 11.0. The number of carbonyl (C=O) groups is 1. The van der Waals surface area contributed by atoms with Crippen molar-refractivity contribution in [2.45, 2.75) is 58.2 Å². The second kappa shape index (κ2) is 5.59. The summed E-state index contributed by atoms with van der Waals surface area (Å²) in [7, 11) is 0. The minimum atomic E-state index is -0.457. The molecule has 2 aliphatic carbocycles. The van der Waals surface area contributed by atoms with E-state index in [1.165, 1.54) is 23.3 Å². The molecular formula is C19H30NO3+. The molecule has 2 aliphatic heterocycles. The number of aliphatic hydroxyl groups is 1. The number of quaternary nitrogens is 1. The third-order valence-corrected chi connectivity index (χ3v) is 7.39. The summed E-state index contributed by atoms with van der Waals surface area (Å²) in [5.41, 5.74) is 1.15. The fourth-order valence-electron chi connectivity index (χ4n) is 5.69. The predicted octanol–water partition coefficient (Wildman–Crippen LogP) is 0.950. The van der Waals surface area contributed by atoms with E-state index >= 15 is 0 Å². The molecule has 6 atom stereocenters. The average Bonchev–Trinajstić information content (AvgIpc) is 3.12. The van der Waals surface area contributed by atoms with Gasteiger partial charge in [-0.2, -0.15) is 0 Å². The van der Waals surface area contributed by atoms with Crippen molar-refractivity contribution in [2.75, 3.05) is 19.6 Å². The van der Waals surface area contributed by atoms with Gasteiger partial charge in [-0.1, -0.05) is 25.5 Å². The van der Waals surface area contributed by atoms with Crippen LogP contribution < -0.4 is 4.90 Å². The van der Waals surface area contributed by atoms with Crippen molar-refractivity contribution in [3.8, 4) is 0 Å².